The fourth-order valence-electron chi connectivity index (χ4n) is 6.75. The summed E-state index contributed by atoms with van der Waals surface area (Å²) in [4.78, 5) is 15.3. The Morgan fingerprint density at radius 2 is 0.660 bits per heavy atom. The van der Waals surface area contributed by atoms with Crippen LogP contribution in [0.15, 0.2) is 188 Å². The van der Waals surface area contributed by atoms with E-state index in [1.807, 2.05) is 12.1 Å². The van der Waals surface area contributed by atoms with Gasteiger partial charge in [0.25, 0.3) is 0 Å². The molecule has 3 nitrogen and oxygen atoms in total. The molecule has 0 radical (unpaired) electrons. The minimum atomic E-state index is 0.638. The molecule has 0 aliphatic heterocycles. The van der Waals surface area contributed by atoms with Gasteiger partial charge in [-0.1, -0.05) is 182 Å². The summed E-state index contributed by atoms with van der Waals surface area (Å²) < 4.78 is 0. The molecule has 3 heteroatoms. The maximum Gasteiger partial charge on any atom is 0.164 e. The van der Waals surface area contributed by atoms with Gasteiger partial charge in [0, 0.05) is 16.7 Å². The van der Waals surface area contributed by atoms with Gasteiger partial charge in [0.1, 0.15) is 0 Å². The first-order valence-corrected chi connectivity index (χ1v) is 16.9. The summed E-state index contributed by atoms with van der Waals surface area (Å²) >= 11 is 0. The van der Waals surface area contributed by atoms with E-state index in [9.17, 15) is 0 Å². The van der Waals surface area contributed by atoms with E-state index in [0.717, 1.165) is 38.6 Å². The minimum Gasteiger partial charge on any atom is -0.208 e. The molecular formula is C47H31N3. The molecule has 1 aromatic heterocycles. The number of nitrogens with zero attached hydrogens (tertiary/aromatic N) is 3. The summed E-state index contributed by atoms with van der Waals surface area (Å²) in [5.74, 6) is 1.92. The molecular weight excluding hydrogens is 607 g/mol. The number of rotatable bonds is 6. The molecule has 0 aliphatic carbocycles. The molecule has 0 unspecified atom stereocenters. The van der Waals surface area contributed by atoms with Crippen LogP contribution in [-0.4, -0.2) is 15.0 Å². The zero-order valence-corrected chi connectivity index (χ0v) is 27.2. The topological polar surface area (TPSA) is 38.7 Å². The first-order valence-electron chi connectivity index (χ1n) is 16.9. The van der Waals surface area contributed by atoms with Gasteiger partial charge >= 0.3 is 0 Å². The molecule has 9 aromatic rings. The summed E-state index contributed by atoms with van der Waals surface area (Å²) in [6.45, 7) is 0. The van der Waals surface area contributed by atoms with Crippen molar-refractivity contribution in [1.82, 2.24) is 15.0 Å². The Morgan fingerprint density at radius 1 is 0.240 bits per heavy atom. The van der Waals surface area contributed by atoms with Crippen molar-refractivity contribution in [3.05, 3.63) is 188 Å². The van der Waals surface area contributed by atoms with Crippen LogP contribution in [0.2, 0.25) is 0 Å². The fourth-order valence-corrected chi connectivity index (χ4v) is 6.75. The summed E-state index contributed by atoms with van der Waals surface area (Å²) in [6.07, 6.45) is 0. The van der Waals surface area contributed by atoms with Crippen molar-refractivity contribution in [3.63, 3.8) is 0 Å². The van der Waals surface area contributed by atoms with Crippen molar-refractivity contribution in [2.24, 2.45) is 0 Å². The van der Waals surface area contributed by atoms with Crippen molar-refractivity contribution in [1.29, 1.82) is 0 Å². The molecule has 0 saturated heterocycles. The Morgan fingerprint density at radius 3 is 1.24 bits per heavy atom. The van der Waals surface area contributed by atoms with Crippen LogP contribution in [0, 0.1) is 0 Å². The molecule has 0 aliphatic rings. The summed E-state index contributed by atoms with van der Waals surface area (Å²) in [6, 6.07) is 65.9. The molecule has 234 valence electrons. The van der Waals surface area contributed by atoms with Gasteiger partial charge in [0.05, 0.1) is 0 Å². The zero-order valence-electron chi connectivity index (χ0n) is 27.2. The third-order valence-corrected chi connectivity index (χ3v) is 9.36. The molecule has 50 heavy (non-hydrogen) atoms. The Labute approximate surface area is 291 Å². The van der Waals surface area contributed by atoms with Gasteiger partial charge in [-0.2, -0.15) is 0 Å². The van der Waals surface area contributed by atoms with Crippen LogP contribution >= 0.6 is 0 Å². The van der Waals surface area contributed by atoms with Crippen molar-refractivity contribution >= 4 is 21.5 Å². The zero-order chi connectivity index (χ0) is 33.3. The van der Waals surface area contributed by atoms with Gasteiger partial charge in [-0.15, -0.1) is 0 Å². The lowest BCUT2D eigenvalue weighted by atomic mass is 9.94. The predicted molar refractivity (Wildman–Crippen MR) is 207 cm³/mol. The lowest BCUT2D eigenvalue weighted by Gasteiger charge is -2.13. The second kappa shape index (κ2) is 12.7. The van der Waals surface area contributed by atoms with E-state index in [4.69, 9.17) is 15.0 Å². The molecule has 0 N–H and O–H groups in total. The predicted octanol–water partition coefficient (Wildman–Crippen LogP) is 12.2. The second-order valence-corrected chi connectivity index (χ2v) is 12.5. The second-order valence-electron chi connectivity index (χ2n) is 12.5. The quantitative estimate of drug-likeness (QED) is 0.182. The van der Waals surface area contributed by atoms with Gasteiger partial charge in [-0.25, -0.2) is 15.0 Å². The summed E-state index contributed by atoms with van der Waals surface area (Å²) in [7, 11) is 0. The minimum absolute atomic E-state index is 0.638. The number of hydrogen-bond donors (Lipinski definition) is 0. The van der Waals surface area contributed by atoms with E-state index in [-0.39, 0.29) is 0 Å². The average Bonchev–Trinajstić information content (AvgIpc) is 3.21. The van der Waals surface area contributed by atoms with Crippen LogP contribution in [0.3, 0.4) is 0 Å². The van der Waals surface area contributed by atoms with Crippen LogP contribution in [0.4, 0.5) is 0 Å². The molecule has 0 amide bonds. The van der Waals surface area contributed by atoms with Gasteiger partial charge in [0.2, 0.25) is 0 Å². The van der Waals surface area contributed by atoms with Crippen molar-refractivity contribution < 1.29 is 0 Å². The highest BCUT2D eigenvalue weighted by molar-refractivity contribution is 6.04. The normalized spacial score (nSPS) is 11.2. The van der Waals surface area contributed by atoms with E-state index in [2.05, 4.69) is 176 Å². The van der Waals surface area contributed by atoms with Crippen LogP contribution in [0.25, 0.3) is 89.1 Å². The summed E-state index contributed by atoms with van der Waals surface area (Å²) in [5.41, 5.74) is 9.85. The van der Waals surface area contributed by atoms with Crippen LogP contribution in [-0.2, 0) is 0 Å². The molecule has 1 heterocycles. The van der Waals surface area contributed by atoms with Crippen LogP contribution in [0.5, 0.6) is 0 Å². The smallest absolute Gasteiger partial charge is 0.164 e. The van der Waals surface area contributed by atoms with Crippen molar-refractivity contribution in [2.75, 3.05) is 0 Å². The van der Waals surface area contributed by atoms with Crippen molar-refractivity contribution in [2.45, 2.75) is 0 Å². The highest BCUT2D eigenvalue weighted by Crippen LogP contribution is 2.36. The number of benzene rings is 8. The Hall–Kier alpha value is -6.71. The Kier molecular flexibility index (Phi) is 7.49. The maximum absolute atomic E-state index is 5.14. The largest absolute Gasteiger partial charge is 0.208 e. The third kappa shape index (κ3) is 5.61. The molecule has 0 fully saturated rings. The van der Waals surface area contributed by atoms with Gasteiger partial charge in [0.15, 0.2) is 17.5 Å². The van der Waals surface area contributed by atoms with Crippen molar-refractivity contribution in [3.8, 4) is 67.5 Å². The molecule has 0 saturated carbocycles. The van der Waals surface area contributed by atoms with E-state index >= 15 is 0 Å². The molecule has 0 bridgehead atoms. The number of fused-ring (bicyclic) bond motifs is 2. The fraction of sp³-hybridized carbons (Fsp3) is 0. The SMILES string of the molecule is c1ccc(-c2ccc(-c3nc(-c4ccc(-c5ccccc5)cc4)nc(-c4cccc5c(-c6ccc7ccccc7c6)cccc45)n3)cc2)cc1. The van der Waals surface area contributed by atoms with E-state index in [1.165, 1.54) is 33.0 Å². The molecule has 0 spiro atoms. The first-order chi connectivity index (χ1) is 24.8. The lowest BCUT2D eigenvalue weighted by Crippen LogP contribution is -2.00. The highest BCUT2D eigenvalue weighted by Gasteiger charge is 2.16. The Balaban J connectivity index is 1.18. The van der Waals surface area contributed by atoms with Gasteiger partial charge < -0.3 is 0 Å². The van der Waals surface area contributed by atoms with E-state index in [1.54, 1.807) is 0 Å². The molecule has 0 atom stereocenters. The third-order valence-electron chi connectivity index (χ3n) is 9.36. The Bertz CT molecular complexity index is 2510. The average molecular weight is 638 g/mol. The monoisotopic (exact) mass is 637 g/mol. The maximum atomic E-state index is 5.14. The van der Waals surface area contributed by atoms with Crippen LogP contribution in [0.1, 0.15) is 0 Å². The highest BCUT2D eigenvalue weighted by atomic mass is 15.0. The number of hydrogen-bond acceptors (Lipinski definition) is 3. The number of aromatic nitrogens is 3. The summed E-state index contributed by atoms with van der Waals surface area (Å²) in [5, 5.41) is 4.71. The van der Waals surface area contributed by atoms with Gasteiger partial charge in [-0.05, 0) is 61.0 Å². The molecule has 8 aromatic carbocycles. The first kappa shape index (κ1) is 29.4. The van der Waals surface area contributed by atoms with Gasteiger partial charge in [-0.3, -0.25) is 0 Å². The molecule has 9 rings (SSSR count). The standard InChI is InChI=1S/C47H31N3/c1-3-11-32(12-4-1)35-21-26-37(27-22-35)45-48-46(38-28-23-36(24-29-38)33-13-5-2-6-14-33)50-47(49-45)44-20-10-18-42-41(17-9-19-43(42)44)40-30-25-34-15-7-8-16-39(34)31-40/h1-31H. The van der Waals surface area contributed by atoms with E-state index in [0.29, 0.717) is 17.5 Å². The lowest BCUT2D eigenvalue weighted by molar-refractivity contribution is 1.08. The van der Waals surface area contributed by atoms with Crippen LogP contribution < -0.4 is 0 Å². The van der Waals surface area contributed by atoms with E-state index < -0.39 is 0 Å².